The zero-order valence-corrected chi connectivity index (χ0v) is 36.3. The molecule has 6 rings (SSSR count). The zero-order chi connectivity index (χ0) is 45.0. The lowest BCUT2D eigenvalue weighted by atomic mass is 9.84. The van der Waals surface area contributed by atoms with Gasteiger partial charge < -0.3 is 24.8 Å². The fourth-order valence-corrected chi connectivity index (χ4v) is 9.86. The molecule has 0 bridgehead atoms. The van der Waals surface area contributed by atoms with Crippen LogP contribution in [0.15, 0.2) is 36.4 Å². The van der Waals surface area contributed by atoms with Crippen LogP contribution in [0.4, 0.5) is 22.4 Å². The number of pyridine rings is 1. The molecule has 61 heavy (non-hydrogen) atoms. The highest BCUT2D eigenvalue weighted by Crippen LogP contribution is 2.48. The Bertz CT molecular complexity index is 2200. The minimum Gasteiger partial charge on any atom is -0.472 e. The number of benzene rings is 1. The van der Waals surface area contributed by atoms with E-state index in [1.54, 1.807) is 31.2 Å². The quantitative estimate of drug-likeness (QED) is 0.165. The number of sulfonamides is 1. The number of carbonyl (C=O) groups excluding carboxylic acids is 3. The normalized spacial score (nSPS) is 28.2. The Labute approximate surface area is 356 Å². The Kier molecular flexibility index (Phi) is 12.6. The summed E-state index contributed by atoms with van der Waals surface area (Å²) in [5, 5.41) is 14.2. The van der Waals surface area contributed by atoms with Gasteiger partial charge in [0.05, 0.1) is 11.3 Å². The maximum Gasteiger partial charge on any atom is 0.408 e. The van der Waals surface area contributed by atoms with E-state index in [-0.39, 0.29) is 42.0 Å². The standard InChI is InChI=1S/C41H52ClF4N5O9S/c1-22-10-7-8-11-24-19-41(24,36(54)49-61(57,58)39(5)14-15-39)48-33(52)29-17-25(60-34-26-12-9-13-28(42)27(26)18-31(47-34)59-21-30(43)44)20-50(29)35(53)32(23(2)16-22)51(37(55)56)38(3,4)40(6,45)46/h8-9,11-13,18,22-25,29-30,32H,7,10,14-17,19-21H2,1-6H3,(H,48,52)(H,49,54)(H,55,56)/t22-,23-,24-,25-,29+,32+,41-/m1/s1. The molecule has 3 N–H and O–H groups in total. The van der Waals surface area contributed by atoms with Gasteiger partial charge in [-0.15, -0.1) is 0 Å². The third-order valence-electron chi connectivity index (χ3n) is 12.8. The number of ether oxygens (including phenoxy) is 2. The Morgan fingerprint density at radius 1 is 1.15 bits per heavy atom. The number of halogens is 5. The second kappa shape index (κ2) is 16.7. The van der Waals surface area contributed by atoms with Gasteiger partial charge in [0.25, 0.3) is 18.3 Å². The van der Waals surface area contributed by atoms with Crippen LogP contribution >= 0.6 is 11.6 Å². The summed E-state index contributed by atoms with van der Waals surface area (Å²) in [4.78, 5) is 62.7. The van der Waals surface area contributed by atoms with Crippen LogP contribution in [0.5, 0.6) is 11.8 Å². The van der Waals surface area contributed by atoms with Gasteiger partial charge in [0.2, 0.25) is 33.6 Å². The molecule has 2 aromatic rings. The van der Waals surface area contributed by atoms with E-state index in [1.165, 1.54) is 13.0 Å². The van der Waals surface area contributed by atoms with Gasteiger partial charge in [0, 0.05) is 41.1 Å². The van der Waals surface area contributed by atoms with Crippen molar-refractivity contribution >= 4 is 56.2 Å². The van der Waals surface area contributed by atoms with Crippen molar-refractivity contribution in [2.45, 2.75) is 133 Å². The molecule has 3 fully saturated rings. The molecule has 336 valence electrons. The number of alkyl halides is 4. The average molecular weight is 902 g/mol. The van der Waals surface area contributed by atoms with Crippen molar-refractivity contribution < 1.29 is 59.7 Å². The van der Waals surface area contributed by atoms with Crippen LogP contribution in [0.3, 0.4) is 0 Å². The Balaban J connectivity index is 1.44. The highest BCUT2D eigenvalue weighted by molar-refractivity contribution is 7.91. The number of amides is 4. The topological polar surface area (TPSA) is 185 Å². The van der Waals surface area contributed by atoms with Gasteiger partial charge in [-0.2, -0.15) is 4.98 Å². The van der Waals surface area contributed by atoms with E-state index in [0.29, 0.717) is 48.3 Å². The first-order valence-electron chi connectivity index (χ1n) is 20.2. The van der Waals surface area contributed by atoms with Crippen molar-refractivity contribution in [3.05, 3.63) is 41.4 Å². The molecule has 1 aromatic carbocycles. The second-order valence-corrected chi connectivity index (χ2v) is 20.4. The lowest BCUT2D eigenvalue weighted by Crippen LogP contribution is -2.66. The molecule has 2 aliphatic carbocycles. The van der Waals surface area contributed by atoms with Gasteiger partial charge >= 0.3 is 6.09 Å². The molecule has 0 unspecified atom stereocenters. The number of carbonyl (C=O) groups is 4. The summed E-state index contributed by atoms with van der Waals surface area (Å²) < 4.78 is 96.1. The summed E-state index contributed by atoms with van der Waals surface area (Å²) in [6.07, 6.45) is -0.613. The maximum absolute atomic E-state index is 15.4. The highest BCUT2D eigenvalue weighted by atomic mass is 35.5. The highest BCUT2D eigenvalue weighted by Gasteiger charge is 2.63. The third-order valence-corrected chi connectivity index (χ3v) is 15.3. The summed E-state index contributed by atoms with van der Waals surface area (Å²) in [7, 11) is -4.15. The molecule has 2 aliphatic heterocycles. The van der Waals surface area contributed by atoms with Gasteiger partial charge in [-0.3, -0.25) is 24.0 Å². The van der Waals surface area contributed by atoms with E-state index in [2.05, 4.69) is 15.0 Å². The molecule has 0 spiro atoms. The molecule has 4 aliphatic rings. The first-order chi connectivity index (χ1) is 28.3. The summed E-state index contributed by atoms with van der Waals surface area (Å²) in [5.74, 6) is -8.60. The van der Waals surface area contributed by atoms with Gasteiger partial charge in [-0.1, -0.05) is 43.7 Å². The van der Waals surface area contributed by atoms with Gasteiger partial charge in [0.1, 0.15) is 29.3 Å². The molecule has 7 atom stereocenters. The van der Waals surface area contributed by atoms with Crippen LogP contribution in [0.25, 0.3) is 10.8 Å². The summed E-state index contributed by atoms with van der Waals surface area (Å²) >= 11 is 6.46. The average Bonchev–Trinajstić information content (AvgIpc) is 4.04. The Hall–Kier alpha value is -4.39. The zero-order valence-electron chi connectivity index (χ0n) is 34.7. The van der Waals surface area contributed by atoms with Gasteiger partial charge in [-0.25, -0.2) is 30.8 Å². The van der Waals surface area contributed by atoms with Crippen LogP contribution in [-0.2, 0) is 24.4 Å². The monoisotopic (exact) mass is 901 g/mol. The molecule has 3 heterocycles. The van der Waals surface area contributed by atoms with Crippen molar-refractivity contribution in [1.82, 2.24) is 24.8 Å². The van der Waals surface area contributed by atoms with Crippen molar-refractivity contribution in [3.63, 3.8) is 0 Å². The smallest absolute Gasteiger partial charge is 0.408 e. The van der Waals surface area contributed by atoms with Crippen molar-refractivity contribution in [3.8, 4) is 11.8 Å². The lowest BCUT2D eigenvalue weighted by molar-refractivity contribution is -0.156. The number of nitrogens with zero attached hydrogens (tertiary/aromatic N) is 3. The van der Waals surface area contributed by atoms with E-state index in [4.69, 9.17) is 21.1 Å². The number of rotatable bonds is 11. The third kappa shape index (κ3) is 9.23. The van der Waals surface area contributed by atoms with E-state index >= 15 is 13.6 Å². The molecule has 1 aromatic heterocycles. The molecule has 1 saturated heterocycles. The fourth-order valence-electron chi connectivity index (χ4n) is 8.32. The number of fused-ring (bicyclic) bond motifs is 3. The lowest BCUT2D eigenvalue weighted by Gasteiger charge is -2.47. The number of hydrogen-bond acceptors (Lipinski definition) is 9. The first kappa shape index (κ1) is 46.1. The number of carboxylic acid groups (broad SMARTS) is 1. The van der Waals surface area contributed by atoms with Crippen molar-refractivity contribution in [2.24, 2.45) is 17.8 Å². The van der Waals surface area contributed by atoms with Gasteiger partial charge in [-0.05, 0) is 83.3 Å². The largest absolute Gasteiger partial charge is 0.472 e. The van der Waals surface area contributed by atoms with E-state index in [0.717, 1.165) is 18.7 Å². The molecule has 2 saturated carbocycles. The summed E-state index contributed by atoms with van der Waals surface area (Å²) in [6, 6.07) is 2.78. The van der Waals surface area contributed by atoms with Crippen LogP contribution in [-0.4, -0.2) is 112 Å². The van der Waals surface area contributed by atoms with Crippen LogP contribution in [0.2, 0.25) is 5.02 Å². The van der Waals surface area contributed by atoms with Crippen LogP contribution < -0.4 is 19.5 Å². The molecular formula is C41H52ClF4N5O9S. The number of allylic oxidation sites excluding steroid dienone is 1. The first-order valence-corrected chi connectivity index (χ1v) is 22.1. The number of hydrogen-bond donors (Lipinski definition) is 3. The maximum atomic E-state index is 15.4. The Morgan fingerprint density at radius 2 is 1.84 bits per heavy atom. The summed E-state index contributed by atoms with van der Waals surface area (Å²) in [6.45, 7) is 6.13. The van der Waals surface area contributed by atoms with E-state index in [1.807, 2.05) is 13.0 Å². The molecule has 4 amide bonds. The van der Waals surface area contributed by atoms with Crippen LogP contribution in [0, 0.1) is 17.8 Å². The Morgan fingerprint density at radius 3 is 2.46 bits per heavy atom. The molecular weight excluding hydrogens is 850 g/mol. The predicted octanol–water partition coefficient (Wildman–Crippen LogP) is 6.55. The second-order valence-electron chi connectivity index (χ2n) is 17.8. The molecule has 14 nitrogen and oxygen atoms in total. The number of aromatic nitrogens is 1. The molecule has 20 heteroatoms. The van der Waals surface area contributed by atoms with Crippen molar-refractivity contribution in [2.75, 3.05) is 13.2 Å². The number of nitrogens with one attached hydrogen (secondary N) is 2. The van der Waals surface area contributed by atoms with Gasteiger partial charge in [0.15, 0.2) is 6.61 Å². The fraction of sp³-hybridized carbons (Fsp3) is 0.634. The minimum atomic E-state index is -4.15. The van der Waals surface area contributed by atoms with Crippen molar-refractivity contribution in [1.29, 1.82) is 0 Å². The minimum absolute atomic E-state index is 0.0256. The SMILES string of the molecule is C[C@@H]1CCC=C[C@@H]2C[C@@]2(C(=O)NS(=O)(=O)C2(C)CC2)NC(=O)[C@@H]2C[C@@H](Oc3nc(OCC(F)F)cc4c(Cl)cccc34)CN2C(=O)[C@@H](N(C(=O)O)C(C)(C)C(C)(F)F)[C@H](C)C1. The summed E-state index contributed by atoms with van der Waals surface area (Å²) in [5.41, 5.74) is -4.19. The van der Waals surface area contributed by atoms with E-state index in [9.17, 15) is 36.7 Å². The van der Waals surface area contributed by atoms with E-state index < -0.39 is 105 Å². The molecule has 0 radical (unpaired) electrons. The predicted molar refractivity (Wildman–Crippen MR) is 216 cm³/mol. The van der Waals surface area contributed by atoms with Crippen LogP contribution in [0.1, 0.15) is 86.5 Å².